The molecule has 4 nitrogen and oxygen atoms in total. The quantitative estimate of drug-likeness (QED) is 0.790. The van der Waals surface area contributed by atoms with E-state index in [-0.39, 0.29) is 12.4 Å². The molecule has 0 aliphatic heterocycles. The molecular formula is C13H10BrFN4. The summed E-state index contributed by atoms with van der Waals surface area (Å²) >= 11 is 3.39. The first-order chi connectivity index (χ1) is 9.19. The van der Waals surface area contributed by atoms with E-state index in [2.05, 4.69) is 26.0 Å². The summed E-state index contributed by atoms with van der Waals surface area (Å²) in [7, 11) is 0. The monoisotopic (exact) mass is 320 g/mol. The van der Waals surface area contributed by atoms with Gasteiger partial charge in [0.1, 0.15) is 12.1 Å². The Bertz CT molecular complexity index is 753. The lowest BCUT2D eigenvalue weighted by atomic mass is 10.1. The molecule has 0 aliphatic carbocycles. The van der Waals surface area contributed by atoms with Crippen molar-refractivity contribution >= 4 is 21.4 Å². The fourth-order valence-electron chi connectivity index (χ4n) is 1.98. The molecule has 0 amide bonds. The van der Waals surface area contributed by atoms with Crippen LogP contribution in [-0.4, -0.2) is 14.6 Å². The Morgan fingerprint density at radius 1 is 1.32 bits per heavy atom. The fraction of sp³-hybridized carbons (Fsp3) is 0.0769. The molecule has 19 heavy (non-hydrogen) atoms. The SMILES string of the molecule is NCc1ccc(-c2ncnn3cc(Br)cc23)cc1F. The van der Waals surface area contributed by atoms with Crippen LogP contribution in [0.4, 0.5) is 4.39 Å². The highest BCUT2D eigenvalue weighted by Gasteiger charge is 2.10. The van der Waals surface area contributed by atoms with E-state index in [1.54, 1.807) is 10.6 Å². The van der Waals surface area contributed by atoms with Gasteiger partial charge < -0.3 is 5.73 Å². The molecule has 0 radical (unpaired) electrons. The second-order valence-corrected chi connectivity index (χ2v) is 5.02. The van der Waals surface area contributed by atoms with Crippen LogP contribution in [0.2, 0.25) is 0 Å². The second kappa shape index (κ2) is 4.71. The number of halogens is 2. The number of aromatic nitrogens is 3. The molecule has 0 fully saturated rings. The zero-order chi connectivity index (χ0) is 13.4. The van der Waals surface area contributed by atoms with Gasteiger partial charge in [0.05, 0.1) is 11.2 Å². The number of fused-ring (bicyclic) bond motifs is 1. The van der Waals surface area contributed by atoms with E-state index in [0.717, 1.165) is 9.99 Å². The molecule has 2 N–H and O–H groups in total. The van der Waals surface area contributed by atoms with Gasteiger partial charge in [-0.1, -0.05) is 12.1 Å². The molecule has 0 bridgehead atoms. The molecule has 6 heteroatoms. The van der Waals surface area contributed by atoms with E-state index in [0.29, 0.717) is 16.8 Å². The van der Waals surface area contributed by atoms with Crippen molar-refractivity contribution in [1.29, 1.82) is 0 Å². The zero-order valence-electron chi connectivity index (χ0n) is 9.85. The van der Waals surface area contributed by atoms with E-state index in [1.807, 2.05) is 18.3 Å². The minimum absolute atomic E-state index is 0.183. The molecule has 0 spiro atoms. The van der Waals surface area contributed by atoms with Gasteiger partial charge in [-0.2, -0.15) is 5.10 Å². The Hall–Kier alpha value is -1.79. The van der Waals surface area contributed by atoms with Crippen molar-refractivity contribution in [3.05, 3.63) is 52.6 Å². The van der Waals surface area contributed by atoms with E-state index in [4.69, 9.17) is 5.73 Å². The molecule has 0 unspecified atom stereocenters. The summed E-state index contributed by atoms with van der Waals surface area (Å²) < 4.78 is 16.4. The third-order valence-electron chi connectivity index (χ3n) is 2.92. The van der Waals surface area contributed by atoms with Crippen LogP contribution < -0.4 is 5.73 Å². The fourth-order valence-corrected chi connectivity index (χ4v) is 2.39. The number of hydrogen-bond donors (Lipinski definition) is 1. The summed E-state index contributed by atoms with van der Waals surface area (Å²) in [6.45, 7) is 0.183. The number of nitrogens with two attached hydrogens (primary N) is 1. The first kappa shape index (κ1) is 12.3. The van der Waals surface area contributed by atoms with Gasteiger partial charge in [0, 0.05) is 28.3 Å². The van der Waals surface area contributed by atoms with Crippen LogP contribution in [0.1, 0.15) is 5.56 Å². The zero-order valence-corrected chi connectivity index (χ0v) is 11.4. The summed E-state index contributed by atoms with van der Waals surface area (Å²) in [4.78, 5) is 4.24. The summed E-state index contributed by atoms with van der Waals surface area (Å²) in [6.07, 6.45) is 3.27. The van der Waals surface area contributed by atoms with Crippen molar-refractivity contribution < 1.29 is 4.39 Å². The van der Waals surface area contributed by atoms with Gasteiger partial charge in [-0.05, 0) is 28.1 Å². The Morgan fingerprint density at radius 2 is 2.16 bits per heavy atom. The predicted octanol–water partition coefficient (Wildman–Crippen LogP) is 2.76. The minimum Gasteiger partial charge on any atom is -0.326 e. The van der Waals surface area contributed by atoms with Crippen molar-refractivity contribution in [2.75, 3.05) is 0 Å². The first-order valence-corrected chi connectivity index (χ1v) is 6.46. The Kier molecular flexibility index (Phi) is 3.04. The molecule has 1 aromatic carbocycles. The maximum Gasteiger partial charge on any atom is 0.137 e. The van der Waals surface area contributed by atoms with Gasteiger partial charge in [0.2, 0.25) is 0 Å². The molecule has 0 saturated heterocycles. The molecule has 2 heterocycles. The average molecular weight is 321 g/mol. The third kappa shape index (κ3) is 2.13. The number of rotatable bonds is 2. The van der Waals surface area contributed by atoms with Crippen LogP contribution in [0.3, 0.4) is 0 Å². The molecule has 0 saturated carbocycles. The highest BCUT2D eigenvalue weighted by molar-refractivity contribution is 9.10. The van der Waals surface area contributed by atoms with Crippen LogP contribution in [-0.2, 0) is 6.54 Å². The second-order valence-electron chi connectivity index (χ2n) is 4.11. The normalized spacial score (nSPS) is 11.1. The maximum atomic E-state index is 13.8. The van der Waals surface area contributed by atoms with Crippen molar-refractivity contribution in [3.8, 4) is 11.3 Å². The number of benzene rings is 1. The van der Waals surface area contributed by atoms with Gasteiger partial charge >= 0.3 is 0 Å². The van der Waals surface area contributed by atoms with E-state index in [1.165, 1.54) is 12.4 Å². The van der Waals surface area contributed by atoms with Crippen LogP contribution in [0.5, 0.6) is 0 Å². The molecular weight excluding hydrogens is 311 g/mol. The van der Waals surface area contributed by atoms with Gasteiger partial charge in [0.25, 0.3) is 0 Å². The Labute approximate surface area is 117 Å². The van der Waals surface area contributed by atoms with Gasteiger partial charge in [-0.25, -0.2) is 13.9 Å². The number of hydrogen-bond acceptors (Lipinski definition) is 3. The highest BCUT2D eigenvalue weighted by Crippen LogP contribution is 2.26. The standard InChI is InChI=1S/C13H10BrFN4/c14-10-4-12-13(17-7-18-19(12)6-10)8-1-2-9(5-16)11(15)3-8/h1-4,6-7H,5,16H2. The lowest BCUT2D eigenvalue weighted by Gasteiger charge is -2.05. The lowest BCUT2D eigenvalue weighted by Crippen LogP contribution is -2.00. The Balaban J connectivity index is 2.21. The van der Waals surface area contributed by atoms with E-state index >= 15 is 0 Å². The summed E-state index contributed by atoms with van der Waals surface area (Å²) in [5, 5.41) is 4.11. The maximum absolute atomic E-state index is 13.8. The van der Waals surface area contributed by atoms with Gasteiger partial charge in [0.15, 0.2) is 0 Å². The average Bonchev–Trinajstić information content (AvgIpc) is 2.78. The van der Waals surface area contributed by atoms with Gasteiger partial charge in [-0.15, -0.1) is 0 Å². The van der Waals surface area contributed by atoms with Crippen molar-refractivity contribution in [2.45, 2.75) is 6.54 Å². The predicted molar refractivity (Wildman–Crippen MR) is 74.0 cm³/mol. The summed E-state index contributed by atoms with van der Waals surface area (Å²) in [5.41, 5.74) is 8.15. The highest BCUT2D eigenvalue weighted by atomic mass is 79.9. The first-order valence-electron chi connectivity index (χ1n) is 5.67. The van der Waals surface area contributed by atoms with E-state index in [9.17, 15) is 4.39 Å². The molecule has 3 aromatic rings. The summed E-state index contributed by atoms with van der Waals surface area (Å²) in [6, 6.07) is 6.84. The van der Waals surface area contributed by atoms with Crippen molar-refractivity contribution in [3.63, 3.8) is 0 Å². The van der Waals surface area contributed by atoms with Gasteiger partial charge in [-0.3, -0.25) is 0 Å². The molecule has 0 aliphatic rings. The Morgan fingerprint density at radius 3 is 2.89 bits per heavy atom. The smallest absolute Gasteiger partial charge is 0.137 e. The van der Waals surface area contributed by atoms with Crippen LogP contribution in [0.25, 0.3) is 16.8 Å². The molecule has 0 atom stereocenters. The third-order valence-corrected chi connectivity index (χ3v) is 3.35. The summed E-state index contributed by atoms with van der Waals surface area (Å²) in [5.74, 6) is -0.317. The van der Waals surface area contributed by atoms with Crippen molar-refractivity contribution in [2.24, 2.45) is 5.73 Å². The molecule has 96 valence electrons. The largest absolute Gasteiger partial charge is 0.326 e. The molecule has 3 rings (SSSR count). The lowest BCUT2D eigenvalue weighted by molar-refractivity contribution is 0.611. The molecule has 2 aromatic heterocycles. The van der Waals surface area contributed by atoms with Crippen LogP contribution in [0, 0.1) is 5.82 Å². The minimum atomic E-state index is -0.317. The van der Waals surface area contributed by atoms with Crippen LogP contribution >= 0.6 is 15.9 Å². The van der Waals surface area contributed by atoms with E-state index < -0.39 is 0 Å². The van der Waals surface area contributed by atoms with Crippen molar-refractivity contribution in [1.82, 2.24) is 14.6 Å². The van der Waals surface area contributed by atoms with Crippen LogP contribution in [0.15, 0.2) is 41.3 Å². The number of nitrogens with zero attached hydrogens (tertiary/aromatic N) is 3. The topological polar surface area (TPSA) is 56.2 Å².